The molecule has 108 valence electrons. The molecule has 0 bridgehead atoms. The summed E-state index contributed by atoms with van der Waals surface area (Å²) in [4.78, 5) is 27.6. The maximum atomic E-state index is 12.0. The average molecular weight is 324 g/mol. The van der Waals surface area contributed by atoms with Crippen LogP contribution in [0.5, 0.6) is 0 Å². The van der Waals surface area contributed by atoms with Gasteiger partial charge in [-0.3, -0.25) is 14.6 Å². The topological polar surface area (TPSA) is 71.1 Å². The maximum Gasteiger partial charge on any atom is 0.274 e. The number of hydrogen-bond donors (Lipinski definition) is 2. The first-order valence-corrected chi connectivity index (χ1v) is 6.71. The summed E-state index contributed by atoms with van der Waals surface area (Å²) in [5.41, 5.74) is 0.889. The standard InChI is InChI=1S/C14H11Cl2N3O2/c1-17-13(20)10-7-9(2-3-11(10)16)19-14(21)12-6-8(15)4-5-18-12/h2-7H,1H3,(H,17,20)(H,19,21). The van der Waals surface area contributed by atoms with Crippen molar-refractivity contribution in [2.75, 3.05) is 12.4 Å². The number of hydrogen-bond acceptors (Lipinski definition) is 3. The van der Waals surface area contributed by atoms with Crippen LogP contribution in [-0.4, -0.2) is 23.8 Å². The highest BCUT2D eigenvalue weighted by atomic mass is 35.5. The molecule has 0 unspecified atom stereocenters. The smallest absolute Gasteiger partial charge is 0.274 e. The minimum atomic E-state index is -0.428. The second-order valence-corrected chi connectivity index (χ2v) is 4.93. The Balaban J connectivity index is 2.24. The van der Waals surface area contributed by atoms with E-state index in [1.165, 1.54) is 31.4 Å². The zero-order valence-corrected chi connectivity index (χ0v) is 12.5. The van der Waals surface area contributed by atoms with E-state index in [4.69, 9.17) is 23.2 Å². The SMILES string of the molecule is CNC(=O)c1cc(NC(=O)c2cc(Cl)ccn2)ccc1Cl. The van der Waals surface area contributed by atoms with E-state index in [9.17, 15) is 9.59 Å². The van der Waals surface area contributed by atoms with Gasteiger partial charge in [0.1, 0.15) is 5.69 Å². The normalized spacial score (nSPS) is 10.0. The van der Waals surface area contributed by atoms with Crippen molar-refractivity contribution in [2.24, 2.45) is 0 Å². The Hall–Kier alpha value is -2.11. The fraction of sp³-hybridized carbons (Fsp3) is 0.0714. The highest BCUT2D eigenvalue weighted by Gasteiger charge is 2.12. The molecule has 0 atom stereocenters. The number of rotatable bonds is 3. The number of carbonyl (C=O) groups excluding carboxylic acids is 2. The molecular formula is C14H11Cl2N3O2. The number of pyridine rings is 1. The Kier molecular flexibility index (Phi) is 4.77. The molecule has 0 saturated heterocycles. The Morgan fingerprint density at radius 3 is 2.52 bits per heavy atom. The average Bonchev–Trinajstić information content (AvgIpc) is 2.48. The summed E-state index contributed by atoms with van der Waals surface area (Å²) in [5.74, 6) is -0.764. The molecule has 0 aliphatic heterocycles. The Bertz CT molecular complexity index is 704. The molecule has 21 heavy (non-hydrogen) atoms. The highest BCUT2D eigenvalue weighted by Crippen LogP contribution is 2.21. The van der Waals surface area contributed by atoms with E-state index in [2.05, 4.69) is 15.6 Å². The molecule has 0 saturated carbocycles. The lowest BCUT2D eigenvalue weighted by molar-refractivity contribution is 0.0961. The number of carbonyl (C=O) groups is 2. The van der Waals surface area contributed by atoms with Crippen molar-refractivity contribution in [3.63, 3.8) is 0 Å². The van der Waals surface area contributed by atoms with Crippen LogP contribution in [0.4, 0.5) is 5.69 Å². The van der Waals surface area contributed by atoms with Crippen LogP contribution in [0.25, 0.3) is 0 Å². The Labute approximate surface area is 131 Å². The molecule has 1 aromatic carbocycles. The molecule has 2 rings (SSSR count). The highest BCUT2D eigenvalue weighted by molar-refractivity contribution is 6.34. The van der Waals surface area contributed by atoms with Gasteiger partial charge in [-0.2, -0.15) is 0 Å². The zero-order valence-electron chi connectivity index (χ0n) is 11.0. The van der Waals surface area contributed by atoms with Gasteiger partial charge in [0, 0.05) is 24.0 Å². The van der Waals surface area contributed by atoms with Crippen LogP contribution in [0.1, 0.15) is 20.8 Å². The third-order valence-corrected chi connectivity index (χ3v) is 3.22. The van der Waals surface area contributed by atoms with Crippen molar-refractivity contribution in [2.45, 2.75) is 0 Å². The fourth-order valence-corrected chi connectivity index (χ4v) is 2.00. The second-order valence-electron chi connectivity index (χ2n) is 4.09. The molecule has 0 fully saturated rings. The summed E-state index contributed by atoms with van der Waals surface area (Å²) in [6.45, 7) is 0. The lowest BCUT2D eigenvalue weighted by atomic mass is 10.2. The molecule has 5 nitrogen and oxygen atoms in total. The van der Waals surface area contributed by atoms with Crippen LogP contribution in [-0.2, 0) is 0 Å². The van der Waals surface area contributed by atoms with Gasteiger partial charge in [-0.15, -0.1) is 0 Å². The molecule has 0 aliphatic rings. The Morgan fingerprint density at radius 2 is 1.86 bits per heavy atom. The summed E-state index contributed by atoms with van der Waals surface area (Å²) in [6, 6.07) is 7.64. The number of amides is 2. The van der Waals surface area contributed by atoms with E-state index in [1.54, 1.807) is 12.1 Å². The number of nitrogens with one attached hydrogen (secondary N) is 2. The van der Waals surface area contributed by atoms with Crippen LogP contribution in [0.3, 0.4) is 0 Å². The van der Waals surface area contributed by atoms with Crippen molar-refractivity contribution < 1.29 is 9.59 Å². The van der Waals surface area contributed by atoms with Gasteiger partial charge in [-0.25, -0.2) is 0 Å². The minimum absolute atomic E-state index is 0.180. The molecule has 2 aromatic rings. The largest absolute Gasteiger partial charge is 0.355 e. The third kappa shape index (κ3) is 3.71. The fourth-order valence-electron chi connectivity index (χ4n) is 1.64. The van der Waals surface area contributed by atoms with Crippen molar-refractivity contribution in [3.05, 3.63) is 57.8 Å². The van der Waals surface area contributed by atoms with E-state index >= 15 is 0 Å². The predicted octanol–water partition coefficient (Wildman–Crippen LogP) is 3.00. The van der Waals surface area contributed by atoms with E-state index in [0.29, 0.717) is 15.7 Å². The van der Waals surface area contributed by atoms with Gasteiger partial charge in [0.25, 0.3) is 11.8 Å². The van der Waals surface area contributed by atoms with E-state index in [-0.39, 0.29) is 17.2 Å². The van der Waals surface area contributed by atoms with Gasteiger partial charge in [-0.05, 0) is 30.3 Å². The van der Waals surface area contributed by atoms with Gasteiger partial charge in [0.2, 0.25) is 0 Å². The summed E-state index contributed by atoms with van der Waals surface area (Å²) in [6.07, 6.45) is 1.44. The lowest BCUT2D eigenvalue weighted by Crippen LogP contribution is -2.19. The first-order chi connectivity index (χ1) is 10.0. The van der Waals surface area contributed by atoms with E-state index in [1.807, 2.05) is 0 Å². The summed E-state index contributed by atoms with van der Waals surface area (Å²) in [5, 5.41) is 5.82. The van der Waals surface area contributed by atoms with Crippen LogP contribution < -0.4 is 10.6 Å². The monoisotopic (exact) mass is 323 g/mol. The number of aromatic nitrogens is 1. The molecule has 0 aliphatic carbocycles. The molecule has 2 amide bonds. The van der Waals surface area contributed by atoms with E-state index < -0.39 is 5.91 Å². The summed E-state index contributed by atoms with van der Waals surface area (Å²) < 4.78 is 0. The quantitative estimate of drug-likeness (QED) is 0.912. The first kappa shape index (κ1) is 15.3. The number of benzene rings is 1. The van der Waals surface area contributed by atoms with Gasteiger partial charge in [0.05, 0.1) is 10.6 Å². The molecule has 1 aromatic heterocycles. The first-order valence-electron chi connectivity index (χ1n) is 5.96. The molecular weight excluding hydrogens is 313 g/mol. The van der Waals surface area contributed by atoms with Crippen LogP contribution >= 0.6 is 23.2 Å². The van der Waals surface area contributed by atoms with Gasteiger partial charge >= 0.3 is 0 Å². The van der Waals surface area contributed by atoms with E-state index in [0.717, 1.165) is 0 Å². The summed E-state index contributed by atoms with van der Waals surface area (Å²) >= 11 is 11.7. The van der Waals surface area contributed by atoms with Crippen molar-refractivity contribution in [3.8, 4) is 0 Å². The zero-order chi connectivity index (χ0) is 15.4. The van der Waals surface area contributed by atoms with Gasteiger partial charge in [-0.1, -0.05) is 23.2 Å². The van der Waals surface area contributed by atoms with Gasteiger partial charge < -0.3 is 10.6 Å². The van der Waals surface area contributed by atoms with Crippen LogP contribution in [0, 0.1) is 0 Å². The van der Waals surface area contributed by atoms with Crippen LogP contribution in [0.15, 0.2) is 36.5 Å². The molecule has 2 N–H and O–H groups in total. The number of nitrogens with zero attached hydrogens (tertiary/aromatic N) is 1. The summed E-state index contributed by atoms with van der Waals surface area (Å²) in [7, 11) is 1.50. The Morgan fingerprint density at radius 1 is 1.10 bits per heavy atom. The molecule has 1 heterocycles. The second kappa shape index (κ2) is 6.56. The number of halogens is 2. The molecule has 0 spiro atoms. The maximum absolute atomic E-state index is 12.0. The third-order valence-electron chi connectivity index (χ3n) is 2.65. The molecule has 0 radical (unpaired) electrons. The van der Waals surface area contributed by atoms with Crippen LogP contribution in [0.2, 0.25) is 10.0 Å². The predicted molar refractivity (Wildman–Crippen MR) is 82.0 cm³/mol. The number of anilines is 1. The van der Waals surface area contributed by atoms with Gasteiger partial charge in [0.15, 0.2) is 0 Å². The van der Waals surface area contributed by atoms with Crippen molar-refractivity contribution in [1.82, 2.24) is 10.3 Å². The minimum Gasteiger partial charge on any atom is -0.355 e. The van der Waals surface area contributed by atoms with Crippen molar-refractivity contribution >= 4 is 40.7 Å². The lowest BCUT2D eigenvalue weighted by Gasteiger charge is -2.08. The molecule has 7 heteroatoms. The van der Waals surface area contributed by atoms with Crippen molar-refractivity contribution in [1.29, 1.82) is 0 Å².